The van der Waals surface area contributed by atoms with Crippen molar-refractivity contribution in [2.45, 2.75) is 54.1 Å². The lowest BCUT2D eigenvalue weighted by Crippen LogP contribution is -2.39. The van der Waals surface area contributed by atoms with Gasteiger partial charge >= 0.3 is 0 Å². The van der Waals surface area contributed by atoms with E-state index in [9.17, 15) is 0 Å². The predicted molar refractivity (Wildman–Crippen MR) is 148 cm³/mol. The number of hydrogen-bond donors (Lipinski definition) is 3. The highest BCUT2D eigenvalue weighted by Gasteiger charge is 2.28. The van der Waals surface area contributed by atoms with E-state index in [0.717, 1.165) is 71.1 Å². The van der Waals surface area contributed by atoms with Crippen molar-refractivity contribution < 1.29 is 0 Å². The summed E-state index contributed by atoms with van der Waals surface area (Å²) in [6, 6.07) is 15.1. The van der Waals surface area contributed by atoms with Gasteiger partial charge in [0.05, 0.1) is 22.4 Å². The van der Waals surface area contributed by atoms with Gasteiger partial charge in [0.2, 0.25) is 0 Å². The van der Waals surface area contributed by atoms with E-state index in [1.54, 1.807) is 11.8 Å². The van der Waals surface area contributed by atoms with Crippen molar-refractivity contribution in [3.8, 4) is 11.4 Å². The molecule has 186 valence electrons. The molecule has 0 spiro atoms. The van der Waals surface area contributed by atoms with E-state index < -0.39 is 0 Å². The van der Waals surface area contributed by atoms with Crippen molar-refractivity contribution in [1.82, 2.24) is 35.6 Å². The molecule has 2 aliphatic rings. The summed E-state index contributed by atoms with van der Waals surface area (Å²) in [6.45, 7) is 2.86. The fourth-order valence-corrected chi connectivity index (χ4v) is 6.15. The van der Waals surface area contributed by atoms with E-state index in [2.05, 4.69) is 55.9 Å². The van der Waals surface area contributed by atoms with Gasteiger partial charge in [-0.3, -0.25) is 4.98 Å². The van der Waals surface area contributed by atoms with Crippen LogP contribution in [-0.2, 0) is 6.54 Å². The molecular formula is C29H29N7S. The zero-order valence-electron chi connectivity index (χ0n) is 20.6. The van der Waals surface area contributed by atoms with Crippen LogP contribution in [0.2, 0.25) is 0 Å². The van der Waals surface area contributed by atoms with Crippen molar-refractivity contribution >= 4 is 33.7 Å². The number of pyridine rings is 2. The second kappa shape index (κ2) is 9.85. The van der Waals surface area contributed by atoms with Crippen molar-refractivity contribution in [1.29, 1.82) is 0 Å². The molecule has 5 heterocycles. The summed E-state index contributed by atoms with van der Waals surface area (Å²) in [5.41, 5.74) is 5.13. The molecule has 0 amide bonds. The number of nitrogens with zero attached hydrogens (tertiary/aromatic N) is 4. The second-order valence-corrected chi connectivity index (χ2v) is 11.1. The van der Waals surface area contributed by atoms with Crippen molar-refractivity contribution in [2.24, 2.45) is 0 Å². The van der Waals surface area contributed by atoms with Gasteiger partial charge in [-0.15, -0.1) is 0 Å². The summed E-state index contributed by atoms with van der Waals surface area (Å²) in [5, 5.41) is 10.5. The quantitative estimate of drug-likeness (QED) is 0.270. The monoisotopic (exact) mass is 507 g/mol. The van der Waals surface area contributed by atoms with Crippen LogP contribution in [0.4, 0.5) is 0 Å². The lowest BCUT2D eigenvalue weighted by atomic mass is 10.0. The first-order valence-electron chi connectivity index (χ1n) is 13.1. The number of H-pyrrole nitrogens is 1. The third-order valence-electron chi connectivity index (χ3n) is 7.34. The Hall–Kier alpha value is -3.33. The van der Waals surface area contributed by atoms with Gasteiger partial charge in [-0.05, 0) is 74.5 Å². The molecule has 8 heteroatoms. The Bertz CT molecular complexity index is 1560. The van der Waals surface area contributed by atoms with Crippen LogP contribution in [0, 0.1) is 0 Å². The van der Waals surface area contributed by atoms with Gasteiger partial charge in [-0.2, -0.15) is 0 Å². The molecule has 1 aliphatic heterocycles. The maximum Gasteiger partial charge on any atom is 0.160 e. The van der Waals surface area contributed by atoms with Crippen LogP contribution in [0.5, 0.6) is 0 Å². The molecule has 7 rings (SSSR count). The highest BCUT2D eigenvalue weighted by molar-refractivity contribution is 7.99. The number of nitrogens with one attached hydrogen (secondary N) is 3. The molecule has 5 aromatic rings. The molecule has 1 saturated carbocycles. The SMILES string of the molecule is c1ccc(Sc2cc3c(-c4nc(CNC5CCNCC5)c5c(C6CC6)cncc5n4)ccnc3[nH]2)cc1. The zero-order valence-corrected chi connectivity index (χ0v) is 21.4. The van der Waals surface area contributed by atoms with Crippen LogP contribution in [0.25, 0.3) is 33.3 Å². The van der Waals surface area contributed by atoms with Gasteiger partial charge in [-0.25, -0.2) is 15.0 Å². The molecule has 3 N–H and O–H groups in total. The first kappa shape index (κ1) is 22.8. The van der Waals surface area contributed by atoms with E-state index in [4.69, 9.17) is 9.97 Å². The summed E-state index contributed by atoms with van der Waals surface area (Å²) in [6.07, 6.45) is 10.5. The molecule has 1 aromatic carbocycles. The van der Waals surface area contributed by atoms with Crippen LogP contribution in [-0.4, -0.2) is 44.1 Å². The Morgan fingerprint density at radius 1 is 0.973 bits per heavy atom. The molecule has 1 aliphatic carbocycles. The van der Waals surface area contributed by atoms with Crippen molar-refractivity contribution in [3.05, 3.63) is 72.3 Å². The highest BCUT2D eigenvalue weighted by Crippen LogP contribution is 2.43. The van der Waals surface area contributed by atoms with Gasteiger partial charge in [0, 0.05) is 46.2 Å². The maximum absolute atomic E-state index is 5.20. The largest absolute Gasteiger partial charge is 0.334 e. The first-order chi connectivity index (χ1) is 18.3. The van der Waals surface area contributed by atoms with Gasteiger partial charge in [0.15, 0.2) is 5.82 Å². The van der Waals surface area contributed by atoms with E-state index in [1.165, 1.54) is 28.7 Å². The molecule has 0 bridgehead atoms. The minimum absolute atomic E-state index is 0.510. The zero-order chi connectivity index (χ0) is 24.6. The molecule has 1 saturated heterocycles. The van der Waals surface area contributed by atoms with E-state index in [1.807, 2.05) is 30.7 Å². The molecular weight excluding hydrogens is 478 g/mol. The summed E-state index contributed by atoms with van der Waals surface area (Å²) >= 11 is 1.70. The second-order valence-electron chi connectivity index (χ2n) is 9.97. The minimum atomic E-state index is 0.510. The Kier molecular flexibility index (Phi) is 6.08. The number of aromatic amines is 1. The first-order valence-corrected chi connectivity index (χ1v) is 13.9. The number of fused-ring (bicyclic) bond motifs is 2. The number of piperidine rings is 1. The summed E-state index contributed by atoms with van der Waals surface area (Å²) in [5.74, 6) is 1.31. The molecule has 0 radical (unpaired) electrons. The van der Waals surface area contributed by atoms with E-state index >= 15 is 0 Å². The normalized spacial score (nSPS) is 16.5. The fourth-order valence-electron chi connectivity index (χ4n) is 5.27. The van der Waals surface area contributed by atoms with Crippen molar-refractivity contribution in [3.63, 3.8) is 0 Å². The van der Waals surface area contributed by atoms with Crippen LogP contribution in [0.3, 0.4) is 0 Å². The lowest BCUT2D eigenvalue weighted by Gasteiger charge is -2.24. The molecule has 7 nitrogen and oxygen atoms in total. The number of rotatable bonds is 7. The number of aromatic nitrogens is 5. The van der Waals surface area contributed by atoms with Crippen LogP contribution in [0.15, 0.2) is 71.0 Å². The highest BCUT2D eigenvalue weighted by atomic mass is 32.2. The van der Waals surface area contributed by atoms with Crippen LogP contribution >= 0.6 is 11.8 Å². The fraction of sp³-hybridized carbons (Fsp3) is 0.310. The lowest BCUT2D eigenvalue weighted by molar-refractivity contribution is 0.385. The summed E-state index contributed by atoms with van der Waals surface area (Å²) in [7, 11) is 0. The maximum atomic E-state index is 5.20. The third-order valence-corrected chi connectivity index (χ3v) is 8.29. The average molecular weight is 508 g/mol. The Balaban J connectivity index is 1.30. The predicted octanol–water partition coefficient (Wildman–Crippen LogP) is 5.44. The molecule has 2 fully saturated rings. The molecule has 37 heavy (non-hydrogen) atoms. The average Bonchev–Trinajstić information content (AvgIpc) is 3.71. The molecule has 0 unspecified atom stereocenters. The van der Waals surface area contributed by atoms with Crippen LogP contribution < -0.4 is 10.6 Å². The Labute approximate surface area is 219 Å². The summed E-state index contributed by atoms with van der Waals surface area (Å²) < 4.78 is 0. The topological polar surface area (TPSA) is 91.4 Å². The minimum Gasteiger partial charge on any atom is -0.334 e. The van der Waals surface area contributed by atoms with Crippen LogP contribution in [0.1, 0.15) is 42.9 Å². The smallest absolute Gasteiger partial charge is 0.160 e. The van der Waals surface area contributed by atoms with Gasteiger partial charge < -0.3 is 15.6 Å². The van der Waals surface area contributed by atoms with Crippen molar-refractivity contribution in [2.75, 3.05) is 13.1 Å². The summed E-state index contributed by atoms with van der Waals surface area (Å²) in [4.78, 5) is 24.1. The third kappa shape index (κ3) is 4.72. The van der Waals surface area contributed by atoms with Gasteiger partial charge in [0.25, 0.3) is 0 Å². The van der Waals surface area contributed by atoms with E-state index in [-0.39, 0.29) is 0 Å². The molecule has 0 atom stereocenters. The molecule has 4 aromatic heterocycles. The Morgan fingerprint density at radius 3 is 2.68 bits per heavy atom. The van der Waals surface area contributed by atoms with Gasteiger partial charge in [-0.1, -0.05) is 30.0 Å². The number of hydrogen-bond acceptors (Lipinski definition) is 7. The van der Waals surface area contributed by atoms with Gasteiger partial charge in [0.1, 0.15) is 5.65 Å². The standard InChI is InChI=1S/C29H29N7S/c1-2-4-20(5-3-1)37-26-14-22-21(10-13-32-28(22)36-26)29-34-24-16-31-15-23(18-6-7-18)27(24)25(35-29)17-33-19-8-11-30-12-9-19/h1-5,10,13-16,18-19,30,33H,6-9,11-12,17H2,(H,32,36). The number of benzene rings is 1. The Morgan fingerprint density at radius 2 is 1.84 bits per heavy atom. The van der Waals surface area contributed by atoms with E-state index in [0.29, 0.717) is 12.0 Å².